The van der Waals surface area contributed by atoms with E-state index in [4.69, 9.17) is 4.74 Å². The SMILES string of the molecule is CN(C)C1c2ccccc2OC1(C)C. The third-order valence-electron chi connectivity index (χ3n) is 2.76. The normalized spacial score (nSPS) is 23.4. The zero-order valence-electron chi connectivity index (χ0n) is 9.24. The lowest BCUT2D eigenvalue weighted by Crippen LogP contribution is -2.38. The van der Waals surface area contributed by atoms with Crippen LogP contribution in [0.4, 0.5) is 0 Å². The zero-order valence-corrected chi connectivity index (χ0v) is 9.24. The lowest BCUT2D eigenvalue weighted by atomic mass is 9.94. The number of para-hydroxylation sites is 1. The second kappa shape index (κ2) is 2.99. The Morgan fingerprint density at radius 1 is 1.21 bits per heavy atom. The molecule has 0 aliphatic carbocycles. The maximum Gasteiger partial charge on any atom is 0.125 e. The van der Waals surface area contributed by atoms with Crippen molar-refractivity contribution in [2.45, 2.75) is 25.5 Å². The van der Waals surface area contributed by atoms with Crippen LogP contribution < -0.4 is 4.74 Å². The van der Waals surface area contributed by atoms with Crippen LogP contribution in [0, 0.1) is 0 Å². The number of likely N-dealkylation sites (N-methyl/N-ethyl adjacent to an activating group) is 1. The first-order chi connectivity index (χ1) is 6.52. The number of ether oxygens (including phenoxy) is 1. The van der Waals surface area contributed by atoms with Gasteiger partial charge in [-0.1, -0.05) is 18.2 Å². The number of rotatable bonds is 1. The van der Waals surface area contributed by atoms with Crippen molar-refractivity contribution in [3.8, 4) is 5.75 Å². The standard InChI is InChI=1S/C12H17NO/c1-12(2)11(13(3)4)9-7-5-6-8-10(9)14-12/h5-8,11H,1-4H3. The Morgan fingerprint density at radius 3 is 2.50 bits per heavy atom. The third kappa shape index (κ3) is 1.30. The summed E-state index contributed by atoms with van der Waals surface area (Å²) in [5.41, 5.74) is 1.16. The summed E-state index contributed by atoms with van der Waals surface area (Å²) < 4.78 is 5.93. The van der Waals surface area contributed by atoms with E-state index in [2.05, 4.69) is 45.0 Å². The highest BCUT2D eigenvalue weighted by Gasteiger charge is 2.41. The van der Waals surface area contributed by atoms with Gasteiger partial charge in [-0.3, -0.25) is 4.90 Å². The Morgan fingerprint density at radius 2 is 1.86 bits per heavy atom. The Bertz CT molecular complexity index is 344. The van der Waals surface area contributed by atoms with Crippen LogP contribution in [-0.2, 0) is 0 Å². The molecule has 2 rings (SSSR count). The largest absolute Gasteiger partial charge is 0.486 e. The molecule has 1 aromatic carbocycles. The van der Waals surface area contributed by atoms with Crippen LogP contribution in [0.25, 0.3) is 0 Å². The highest BCUT2D eigenvalue weighted by atomic mass is 16.5. The van der Waals surface area contributed by atoms with Gasteiger partial charge in [-0.05, 0) is 34.0 Å². The molecule has 1 unspecified atom stereocenters. The summed E-state index contributed by atoms with van der Waals surface area (Å²) in [5, 5.41) is 0. The van der Waals surface area contributed by atoms with E-state index in [1.807, 2.05) is 12.1 Å². The van der Waals surface area contributed by atoms with E-state index in [0.29, 0.717) is 6.04 Å². The van der Waals surface area contributed by atoms with E-state index >= 15 is 0 Å². The van der Waals surface area contributed by atoms with E-state index in [0.717, 1.165) is 5.75 Å². The lowest BCUT2D eigenvalue weighted by molar-refractivity contribution is 0.0523. The minimum absolute atomic E-state index is 0.132. The molecule has 1 atom stereocenters. The molecule has 0 amide bonds. The molecule has 0 N–H and O–H groups in total. The molecule has 2 nitrogen and oxygen atoms in total. The molecule has 1 aliphatic rings. The van der Waals surface area contributed by atoms with Gasteiger partial charge >= 0.3 is 0 Å². The molecule has 0 bridgehead atoms. The van der Waals surface area contributed by atoms with Crippen molar-refractivity contribution in [1.29, 1.82) is 0 Å². The second-order valence-corrected chi connectivity index (χ2v) is 4.61. The van der Waals surface area contributed by atoms with Crippen molar-refractivity contribution >= 4 is 0 Å². The van der Waals surface area contributed by atoms with Crippen LogP contribution in [-0.4, -0.2) is 24.6 Å². The second-order valence-electron chi connectivity index (χ2n) is 4.61. The van der Waals surface area contributed by atoms with Gasteiger partial charge in [0.25, 0.3) is 0 Å². The molecule has 2 heteroatoms. The summed E-state index contributed by atoms with van der Waals surface area (Å²) in [6.45, 7) is 4.27. The van der Waals surface area contributed by atoms with Crippen molar-refractivity contribution in [2.75, 3.05) is 14.1 Å². The smallest absolute Gasteiger partial charge is 0.125 e. The lowest BCUT2D eigenvalue weighted by Gasteiger charge is -2.31. The van der Waals surface area contributed by atoms with E-state index in [9.17, 15) is 0 Å². The highest BCUT2D eigenvalue weighted by molar-refractivity contribution is 5.42. The van der Waals surface area contributed by atoms with Crippen molar-refractivity contribution < 1.29 is 4.74 Å². The quantitative estimate of drug-likeness (QED) is 0.676. The topological polar surface area (TPSA) is 12.5 Å². The molecular weight excluding hydrogens is 174 g/mol. The van der Waals surface area contributed by atoms with Crippen molar-refractivity contribution in [3.05, 3.63) is 29.8 Å². The van der Waals surface area contributed by atoms with Crippen molar-refractivity contribution in [1.82, 2.24) is 4.90 Å². The van der Waals surface area contributed by atoms with Gasteiger partial charge in [0.2, 0.25) is 0 Å². The summed E-state index contributed by atoms with van der Waals surface area (Å²) >= 11 is 0. The Kier molecular flexibility index (Phi) is 2.04. The van der Waals surface area contributed by atoms with Gasteiger partial charge in [-0.15, -0.1) is 0 Å². The fraction of sp³-hybridized carbons (Fsp3) is 0.500. The maximum atomic E-state index is 5.93. The fourth-order valence-electron chi connectivity index (χ4n) is 2.41. The molecule has 0 aromatic heterocycles. The van der Waals surface area contributed by atoms with E-state index in [-0.39, 0.29) is 5.60 Å². The first-order valence-corrected chi connectivity index (χ1v) is 4.97. The number of hydrogen-bond donors (Lipinski definition) is 0. The molecule has 14 heavy (non-hydrogen) atoms. The number of nitrogens with zero attached hydrogens (tertiary/aromatic N) is 1. The average molecular weight is 191 g/mol. The molecule has 1 aliphatic heterocycles. The first-order valence-electron chi connectivity index (χ1n) is 4.97. The monoisotopic (exact) mass is 191 g/mol. The molecular formula is C12H17NO. The number of hydrogen-bond acceptors (Lipinski definition) is 2. The Labute approximate surface area is 85.5 Å². The fourth-order valence-corrected chi connectivity index (χ4v) is 2.41. The molecule has 0 saturated carbocycles. The average Bonchev–Trinajstić information content (AvgIpc) is 2.33. The molecule has 0 saturated heterocycles. The van der Waals surface area contributed by atoms with Gasteiger partial charge < -0.3 is 4.74 Å². The Hall–Kier alpha value is -1.02. The van der Waals surface area contributed by atoms with Crippen LogP contribution >= 0.6 is 0 Å². The molecule has 0 spiro atoms. The zero-order chi connectivity index (χ0) is 10.3. The van der Waals surface area contributed by atoms with Crippen LogP contribution in [0.5, 0.6) is 5.75 Å². The van der Waals surface area contributed by atoms with Gasteiger partial charge in [0.1, 0.15) is 11.4 Å². The molecule has 1 heterocycles. The molecule has 0 radical (unpaired) electrons. The van der Waals surface area contributed by atoms with E-state index in [1.165, 1.54) is 5.56 Å². The van der Waals surface area contributed by atoms with Gasteiger partial charge in [0, 0.05) is 5.56 Å². The van der Waals surface area contributed by atoms with Crippen LogP contribution in [0.1, 0.15) is 25.5 Å². The maximum absolute atomic E-state index is 5.93. The van der Waals surface area contributed by atoms with Gasteiger partial charge in [-0.2, -0.15) is 0 Å². The molecule has 0 fully saturated rings. The van der Waals surface area contributed by atoms with Gasteiger partial charge in [0.15, 0.2) is 0 Å². The summed E-state index contributed by atoms with van der Waals surface area (Å²) in [6, 6.07) is 8.63. The minimum atomic E-state index is -0.132. The minimum Gasteiger partial charge on any atom is -0.486 e. The van der Waals surface area contributed by atoms with Crippen molar-refractivity contribution in [2.24, 2.45) is 0 Å². The van der Waals surface area contributed by atoms with Crippen LogP contribution in [0.3, 0.4) is 0 Å². The van der Waals surface area contributed by atoms with E-state index < -0.39 is 0 Å². The van der Waals surface area contributed by atoms with Crippen molar-refractivity contribution in [3.63, 3.8) is 0 Å². The molecule has 1 aromatic rings. The van der Waals surface area contributed by atoms with Gasteiger partial charge in [0.05, 0.1) is 6.04 Å². The summed E-state index contributed by atoms with van der Waals surface area (Å²) in [4.78, 5) is 2.21. The highest BCUT2D eigenvalue weighted by Crippen LogP contribution is 2.44. The number of fused-ring (bicyclic) bond motifs is 1. The first kappa shape index (κ1) is 9.53. The van der Waals surface area contributed by atoms with E-state index in [1.54, 1.807) is 0 Å². The summed E-state index contributed by atoms with van der Waals surface area (Å²) in [6.07, 6.45) is 0. The number of benzene rings is 1. The Balaban J connectivity index is 2.48. The summed E-state index contributed by atoms with van der Waals surface area (Å²) in [7, 11) is 4.19. The van der Waals surface area contributed by atoms with Crippen LogP contribution in [0.15, 0.2) is 24.3 Å². The molecule has 76 valence electrons. The summed E-state index contributed by atoms with van der Waals surface area (Å²) in [5.74, 6) is 1.02. The predicted octanol–water partition coefficient (Wildman–Crippen LogP) is 2.46. The van der Waals surface area contributed by atoms with Gasteiger partial charge in [-0.25, -0.2) is 0 Å². The predicted molar refractivity (Wildman–Crippen MR) is 57.6 cm³/mol. The third-order valence-corrected chi connectivity index (χ3v) is 2.76. The van der Waals surface area contributed by atoms with Crippen LogP contribution in [0.2, 0.25) is 0 Å².